The SMILES string of the molecule is COC(=O)C1=C(C)N=C2SC=C(CC(=O)NCCN3CCCC3)N2C1c1ccc(OC)cc1OC. The van der Waals surface area contributed by atoms with Gasteiger partial charge in [-0.25, -0.2) is 9.79 Å². The van der Waals surface area contributed by atoms with Crippen LogP contribution in [0.25, 0.3) is 0 Å². The molecule has 188 valence electrons. The summed E-state index contributed by atoms with van der Waals surface area (Å²) in [7, 11) is 4.52. The molecule has 9 nitrogen and oxygen atoms in total. The molecule has 10 heteroatoms. The third kappa shape index (κ3) is 5.33. The van der Waals surface area contributed by atoms with Crippen LogP contribution in [0.15, 0.2) is 45.6 Å². The number of hydrogen-bond acceptors (Lipinski definition) is 9. The van der Waals surface area contributed by atoms with E-state index in [-0.39, 0.29) is 12.3 Å². The van der Waals surface area contributed by atoms with Crippen LogP contribution < -0.4 is 14.8 Å². The fraction of sp³-hybridized carbons (Fsp3) is 0.480. The number of carbonyl (C=O) groups is 2. The van der Waals surface area contributed by atoms with Gasteiger partial charge in [-0.3, -0.25) is 4.79 Å². The van der Waals surface area contributed by atoms with E-state index < -0.39 is 12.0 Å². The third-order valence-electron chi connectivity index (χ3n) is 6.43. The first-order chi connectivity index (χ1) is 17.0. The molecule has 1 aromatic rings. The summed E-state index contributed by atoms with van der Waals surface area (Å²) in [5, 5.41) is 5.67. The van der Waals surface area contributed by atoms with E-state index >= 15 is 0 Å². The van der Waals surface area contributed by atoms with Crippen molar-refractivity contribution in [2.24, 2.45) is 4.99 Å². The number of amides is 1. The Morgan fingerprint density at radius 3 is 2.63 bits per heavy atom. The van der Waals surface area contributed by atoms with E-state index in [1.165, 1.54) is 31.7 Å². The summed E-state index contributed by atoms with van der Waals surface area (Å²) in [4.78, 5) is 34.7. The zero-order valence-corrected chi connectivity index (χ0v) is 21.4. The number of rotatable bonds is 9. The molecule has 0 radical (unpaired) electrons. The normalized spacial score (nSPS) is 19.8. The number of benzene rings is 1. The topological polar surface area (TPSA) is 92.7 Å². The highest BCUT2D eigenvalue weighted by Crippen LogP contribution is 2.47. The molecule has 1 atom stereocenters. The molecule has 35 heavy (non-hydrogen) atoms. The van der Waals surface area contributed by atoms with E-state index in [1.54, 1.807) is 27.2 Å². The molecule has 3 heterocycles. The summed E-state index contributed by atoms with van der Waals surface area (Å²) in [5.41, 5.74) is 2.50. The van der Waals surface area contributed by atoms with Crippen LogP contribution in [0, 0.1) is 0 Å². The van der Waals surface area contributed by atoms with Crippen molar-refractivity contribution in [3.8, 4) is 11.5 Å². The molecule has 0 bridgehead atoms. The largest absolute Gasteiger partial charge is 0.497 e. The van der Waals surface area contributed by atoms with Gasteiger partial charge in [0.15, 0.2) is 5.17 Å². The third-order valence-corrected chi connectivity index (χ3v) is 7.32. The molecular weight excluding hydrogens is 468 g/mol. The summed E-state index contributed by atoms with van der Waals surface area (Å²) in [5.74, 6) is 0.666. The second-order valence-electron chi connectivity index (χ2n) is 8.57. The smallest absolute Gasteiger partial charge is 0.338 e. The zero-order valence-electron chi connectivity index (χ0n) is 20.6. The molecule has 1 amide bonds. The second-order valence-corrected chi connectivity index (χ2v) is 9.40. The molecule has 0 aliphatic carbocycles. The van der Waals surface area contributed by atoms with Gasteiger partial charge in [0.25, 0.3) is 0 Å². The summed E-state index contributed by atoms with van der Waals surface area (Å²) >= 11 is 1.44. The number of fused-ring (bicyclic) bond motifs is 1. The lowest BCUT2D eigenvalue weighted by atomic mass is 9.93. The van der Waals surface area contributed by atoms with E-state index in [0.29, 0.717) is 34.5 Å². The van der Waals surface area contributed by atoms with Crippen molar-refractivity contribution in [1.29, 1.82) is 0 Å². The number of aliphatic imine (C=N–C) groups is 1. The van der Waals surface area contributed by atoms with Crippen molar-refractivity contribution in [2.75, 3.05) is 47.5 Å². The summed E-state index contributed by atoms with van der Waals surface area (Å²) < 4.78 is 16.2. The highest BCUT2D eigenvalue weighted by Gasteiger charge is 2.42. The molecule has 3 aliphatic heterocycles. The van der Waals surface area contributed by atoms with Gasteiger partial charge in [0.1, 0.15) is 11.5 Å². The lowest BCUT2D eigenvalue weighted by Crippen LogP contribution is -2.39. The van der Waals surface area contributed by atoms with Crippen LogP contribution in [0.3, 0.4) is 0 Å². The highest BCUT2D eigenvalue weighted by atomic mass is 32.2. The first-order valence-electron chi connectivity index (χ1n) is 11.7. The van der Waals surface area contributed by atoms with Crippen LogP contribution in [0.4, 0.5) is 0 Å². The quantitative estimate of drug-likeness (QED) is 0.518. The predicted molar refractivity (Wildman–Crippen MR) is 135 cm³/mol. The molecule has 1 unspecified atom stereocenters. The fourth-order valence-electron chi connectivity index (χ4n) is 4.67. The Balaban J connectivity index is 1.60. The van der Waals surface area contributed by atoms with Crippen molar-refractivity contribution >= 4 is 28.8 Å². The Morgan fingerprint density at radius 1 is 1.17 bits per heavy atom. The maximum absolute atomic E-state index is 12.9. The van der Waals surface area contributed by atoms with Crippen LogP contribution in [-0.2, 0) is 14.3 Å². The fourth-order valence-corrected chi connectivity index (χ4v) is 5.63. The Morgan fingerprint density at radius 2 is 1.94 bits per heavy atom. The number of ether oxygens (including phenoxy) is 3. The van der Waals surface area contributed by atoms with E-state index in [4.69, 9.17) is 14.2 Å². The average Bonchev–Trinajstić information content (AvgIpc) is 3.52. The number of esters is 1. The highest BCUT2D eigenvalue weighted by molar-refractivity contribution is 8.16. The van der Waals surface area contributed by atoms with Gasteiger partial charge in [-0.1, -0.05) is 11.8 Å². The average molecular weight is 501 g/mol. The van der Waals surface area contributed by atoms with E-state index in [1.807, 2.05) is 22.4 Å². The van der Waals surface area contributed by atoms with Crippen LogP contribution >= 0.6 is 11.8 Å². The molecule has 1 fully saturated rings. The monoisotopic (exact) mass is 500 g/mol. The van der Waals surface area contributed by atoms with E-state index in [9.17, 15) is 9.59 Å². The first kappa shape index (κ1) is 25.1. The minimum absolute atomic E-state index is 0.0661. The standard InChI is InChI=1S/C25H32N4O5S/c1-16-22(24(31)34-4)23(19-8-7-18(32-2)14-20(19)33-3)29-17(15-35-25(29)27-16)13-21(30)26-9-12-28-10-5-6-11-28/h7-8,14-15,23H,5-6,9-13H2,1-4H3,(H,26,30). The molecule has 0 aromatic heterocycles. The molecule has 3 aliphatic rings. The predicted octanol–water partition coefficient (Wildman–Crippen LogP) is 3.05. The number of allylic oxidation sites excluding steroid dienone is 1. The molecule has 1 aromatic carbocycles. The Labute approximate surface area is 210 Å². The number of carbonyl (C=O) groups excluding carboxylic acids is 2. The van der Waals surface area contributed by atoms with E-state index in [2.05, 4.69) is 15.2 Å². The lowest BCUT2D eigenvalue weighted by Gasteiger charge is -2.36. The van der Waals surface area contributed by atoms with Gasteiger partial charge in [0.05, 0.1) is 45.1 Å². The summed E-state index contributed by atoms with van der Waals surface area (Å²) in [6, 6.07) is 4.92. The number of amidine groups is 1. The van der Waals surface area contributed by atoms with Gasteiger partial charge < -0.3 is 29.3 Å². The van der Waals surface area contributed by atoms with Gasteiger partial charge in [-0.05, 0) is 50.4 Å². The first-order valence-corrected chi connectivity index (χ1v) is 12.6. The van der Waals surface area contributed by atoms with Gasteiger partial charge in [-0.2, -0.15) is 0 Å². The molecule has 0 spiro atoms. The Bertz CT molecular complexity index is 1080. The maximum Gasteiger partial charge on any atom is 0.338 e. The van der Waals surface area contributed by atoms with Crippen molar-refractivity contribution in [3.63, 3.8) is 0 Å². The molecule has 0 saturated carbocycles. The van der Waals surface area contributed by atoms with Crippen molar-refractivity contribution in [3.05, 3.63) is 46.1 Å². The van der Waals surface area contributed by atoms with Gasteiger partial charge in [0, 0.05) is 30.4 Å². The number of nitrogens with zero attached hydrogens (tertiary/aromatic N) is 3. The van der Waals surface area contributed by atoms with Crippen LogP contribution in [-0.4, -0.2) is 74.4 Å². The van der Waals surface area contributed by atoms with Crippen LogP contribution in [0.2, 0.25) is 0 Å². The van der Waals surface area contributed by atoms with E-state index in [0.717, 1.165) is 30.9 Å². The number of nitrogens with one attached hydrogen (secondary N) is 1. The number of methoxy groups -OCH3 is 3. The maximum atomic E-state index is 12.9. The molecule has 1 saturated heterocycles. The lowest BCUT2D eigenvalue weighted by molar-refractivity contribution is -0.136. The molecule has 1 N–H and O–H groups in total. The molecule has 4 rings (SSSR count). The second kappa shape index (κ2) is 11.2. The number of hydrogen-bond donors (Lipinski definition) is 1. The van der Waals surface area contributed by atoms with Crippen molar-refractivity contribution < 1.29 is 23.8 Å². The summed E-state index contributed by atoms with van der Waals surface area (Å²) in [6.07, 6.45) is 2.62. The molecular formula is C25H32N4O5S. The zero-order chi connectivity index (χ0) is 24.9. The Kier molecular flexibility index (Phi) is 8.02. The van der Waals surface area contributed by atoms with Crippen LogP contribution in [0.5, 0.6) is 11.5 Å². The van der Waals surface area contributed by atoms with Gasteiger partial charge in [-0.15, -0.1) is 0 Å². The minimum atomic E-state index is -0.561. The Hall–Kier alpha value is -2.98. The van der Waals surface area contributed by atoms with Crippen molar-refractivity contribution in [1.82, 2.24) is 15.1 Å². The van der Waals surface area contributed by atoms with Gasteiger partial charge in [0.2, 0.25) is 5.91 Å². The van der Waals surface area contributed by atoms with Gasteiger partial charge >= 0.3 is 5.97 Å². The number of likely N-dealkylation sites (tertiary alicyclic amines) is 1. The number of thioether (sulfide) groups is 1. The summed E-state index contributed by atoms with van der Waals surface area (Å²) in [6.45, 7) is 5.46. The minimum Gasteiger partial charge on any atom is -0.497 e. The van der Waals surface area contributed by atoms with Crippen LogP contribution in [0.1, 0.15) is 37.8 Å². The van der Waals surface area contributed by atoms with Crippen molar-refractivity contribution in [2.45, 2.75) is 32.2 Å².